The molecule has 1 aliphatic rings. The summed E-state index contributed by atoms with van der Waals surface area (Å²) in [5.74, 6) is 0.775. The van der Waals surface area contributed by atoms with Gasteiger partial charge in [0.2, 0.25) is 0 Å². The molecule has 0 aromatic heterocycles. The quantitative estimate of drug-likeness (QED) is 0.822. The van der Waals surface area contributed by atoms with Crippen LogP contribution in [0.3, 0.4) is 0 Å². The molecule has 0 radical (unpaired) electrons. The van der Waals surface area contributed by atoms with Gasteiger partial charge in [-0.1, -0.05) is 45.0 Å². The molecule has 1 aliphatic heterocycles. The van der Waals surface area contributed by atoms with E-state index < -0.39 is 0 Å². The Morgan fingerprint density at radius 1 is 1.33 bits per heavy atom. The lowest BCUT2D eigenvalue weighted by Crippen LogP contribution is -2.46. The SMILES string of the molecule is CCC1(C(=O)c2ccc(C(C)C)cc2)CCCN1. The van der Waals surface area contributed by atoms with E-state index in [9.17, 15) is 4.79 Å². The van der Waals surface area contributed by atoms with Crippen molar-refractivity contribution in [1.82, 2.24) is 5.32 Å². The number of nitrogens with one attached hydrogen (secondary N) is 1. The molecule has 0 bridgehead atoms. The minimum Gasteiger partial charge on any atom is -0.305 e. The first-order valence-electron chi connectivity index (χ1n) is 6.99. The molecule has 0 amide bonds. The molecule has 18 heavy (non-hydrogen) atoms. The predicted molar refractivity (Wildman–Crippen MR) is 75.1 cm³/mol. The van der Waals surface area contributed by atoms with Gasteiger partial charge in [-0.3, -0.25) is 4.79 Å². The third kappa shape index (κ3) is 2.35. The van der Waals surface area contributed by atoms with Gasteiger partial charge in [0.05, 0.1) is 5.54 Å². The van der Waals surface area contributed by atoms with Crippen molar-refractivity contribution in [1.29, 1.82) is 0 Å². The molecular formula is C16H23NO. The number of carbonyl (C=O) groups excluding carboxylic acids is 1. The van der Waals surface area contributed by atoms with Gasteiger partial charge in [0.1, 0.15) is 0 Å². The van der Waals surface area contributed by atoms with Crippen molar-refractivity contribution in [3.05, 3.63) is 35.4 Å². The van der Waals surface area contributed by atoms with E-state index in [0.29, 0.717) is 5.92 Å². The lowest BCUT2D eigenvalue weighted by Gasteiger charge is -2.26. The number of carbonyl (C=O) groups is 1. The number of benzene rings is 1. The highest BCUT2D eigenvalue weighted by Crippen LogP contribution is 2.28. The first kappa shape index (κ1) is 13.3. The summed E-state index contributed by atoms with van der Waals surface area (Å²) in [6, 6.07) is 8.12. The maximum absolute atomic E-state index is 12.6. The molecule has 1 heterocycles. The van der Waals surface area contributed by atoms with E-state index in [4.69, 9.17) is 0 Å². The fourth-order valence-electron chi connectivity index (χ4n) is 2.76. The van der Waals surface area contributed by atoms with Crippen molar-refractivity contribution >= 4 is 5.78 Å². The zero-order valence-electron chi connectivity index (χ0n) is 11.6. The maximum atomic E-state index is 12.6. The predicted octanol–water partition coefficient (Wildman–Crippen LogP) is 3.52. The van der Waals surface area contributed by atoms with Gasteiger partial charge in [-0.2, -0.15) is 0 Å². The van der Waals surface area contributed by atoms with Gasteiger partial charge in [-0.05, 0) is 37.3 Å². The lowest BCUT2D eigenvalue weighted by molar-refractivity contribution is 0.0864. The normalized spacial score (nSPS) is 23.6. The van der Waals surface area contributed by atoms with Crippen LogP contribution < -0.4 is 5.32 Å². The molecule has 0 saturated carbocycles. The summed E-state index contributed by atoms with van der Waals surface area (Å²) in [7, 11) is 0. The summed E-state index contributed by atoms with van der Waals surface area (Å²) in [6.45, 7) is 7.40. The molecule has 1 fully saturated rings. The average molecular weight is 245 g/mol. The van der Waals surface area contributed by atoms with Crippen LogP contribution in [0.4, 0.5) is 0 Å². The molecule has 2 rings (SSSR count). The van der Waals surface area contributed by atoms with Gasteiger partial charge in [0.25, 0.3) is 0 Å². The van der Waals surface area contributed by atoms with Gasteiger partial charge in [-0.25, -0.2) is 0 Å². The zero-order valence-corrected chi connectivity index (χ0v) is 11.6. The van der Waals surface area contributed by atoms with Crippen LogP contribution in [0.1, 0.15) is 61.9 Å². The van der Waals surface area contributed by atoms with E-state index in [-0.39, 0.29) is 11.3 Å². The molecule has 1 unspecified atom stereocenters. The Morgan fingerprint density at radius 2 is 2.00 bits per heavy atom. The zero-order chi connectivity index (χ0) is 13.2. The highest BCUT2D eigenvalue weighted by Gasteiger charge is 2.39. The van der Waals surface area contributed by atoms with Gasteiger partial charge < -0.3 is 5.32 Å². The van der Waals surface area contributed by atoms with Crippen LogP contribution in [0.25, 0.3) is 0 Å². The third-order valence-corrected chi connectivity index (χ3v) is 4.12. The monoisotopic (exact) mass is 245 g/mol. The minimum absolute atomic E-state index is 0.262. The second-order valence-electron chi connectivity index (χ2n) is 5.57. The van der Waals surface area contributed by atoms with Crippen LogP contribution in [0.15, 0.2) is 24.3 Å². The summed E-state index contributed by atoms with van der Waals surface area (Å²) in [5.41, 5.74) is 1.83. The lowest BCUT2D eigenvalue weighted by atomic mass is 9.85. The number of Topliss-reactive ketones (excluding diaryl/α,β-unsaturated/α-hetero) is 1. The molecule has 2 nitrogen and oxygen atoms in total. The topological polar surface area (TPSA) is 29.1 Å². The van der Waals surface area contributed by atoms with Gasteiger partial charge in [-0.15, -0.1) is 0 Å². The first-order valence-corrected chi connectivity index (χ1v) is 6.99. The highest BCUT2D eigenvalue weighted by atomic mass is 16.1. The van der Waals surface area contributed by atoms with Crippen LogP contribution in [-0.4, -0.2) is 17.9 Å². The molecule has 0 spiro atoms. The highest BCUT2D eigenvalue weighted by molar-refractivity contribution is 6.03. The Bertz CT molecular complexity index is 413. The van der Waals surface area contributed by atoms with E-state index in [1.807, 2.05) is 12.1 Å². The van der Waals surface area contributed by atoms with E-state index in [2.05, 4.69) is 38.2 Å². The van der Waals surface area contributed by atoms with Gasteiger partial charge >= 0.3 is 0 Å². The Morgan fingerprint density at radius 3 is 2.44 bits per heavy atom. The summed E-state index contributed by atoms with van der Waals surface area (Å²) < 4.78 is 0. The van der Waals surface area contributed by atoms with Crippen LogP contribution in [0.5, 0.6) is 0 Å². The van der Waals surface area contributed by atoms with E-state index in [1.165, 1.54) is 5.56 Å². The Labute approximate surface area is 110 Å². The Balaban J connectivity index is 2.23. The largest absolute Gasteiger partial charge is 0.305 e. The van der Waals surface area contributed by atoms with Crippen molar-refractivity contribution in [2.45, 2.75) is 51.5 Å². The number of hydrogen-bond donors (Lipinski definition) is 1. The molecule has 1 aromatic rings. The molecule has 2 heteroatoms. The maximum Gasteiger partial charge on any atom is 0.182 e. The van der Waals surface area contributed by atoms with Crippen molar-refractivity contribution in [3.63, 3.8) is 0 Å². The van der Waals surface area contributed by atoms with Crippen LogP contribution in [0, 0.1) is 0 Å². The van der Waals surface area contributed by atoms with E-state index >= 15 is 0 Å². The summed E-state index contributed by atoms with van der Waals surface area (Å²) >= 11 is 0. The van der Waals surface area contributed by atoms with Crippen LogP contribution in [-0.2, 0) is 0 Å². The molecule has 98 valence electrons. The number of hydrogen-bond acceptors (Lipinski definition) is 2. The smallest absolute Gasteiger partial charge is 0.182 e. The Hall–Kier alpha value is -1.15. The fraction of sp³-hybridized carbons (Fsp3) is 0.562. The standard InChI is InChI=1S/C16H23NO/c1-4-16(10-5-11-17-16)15(18)14-8-6-13(7-9-14)12(2)3/h6-9,12,17H,4-5,10-11H2,1-3H3. The van der Waals surface area contributed by atoms with Gasteiger partial charge in [0, 0.05) is 5.56 Å². The van der Waals surface area contributed by atoms with Crippen LogP contribution in [0.2, 0.25) is 0 Å². The van der Waals surface area contributed by atoms with Crippen molar-refractivity contribution in [2.75, 3.05) is 6.54 Å². The molecule has 1 N–H and O–H groups in total. The van der Waals surface area contributed by atoms with Gasteiger partial charge in [0.15, 0.2) is 5.78 Å². The minimum atomic E-state index is -0.306. The van der Waals surface area contributed by atoms with Crippen LogP contribution >= 0.6 is 0 Å². The first-order chi connectivity index (χ1) is 8.59. The second kappa shape index (κ2) is 5.23. The number of rotatable bonds is 4. The Kier molecular flexibility index (Phi) is 3.86. The molecule has 1 saturated heterocycles. The third-order valence-electron chi connectivity index (χ3n) is 4.12. The summed E-state index contributed by atoms with van der Waals surface area (Å²) in [5, 5.41) is 3.41. The van der Waals surface area contributed by atoms with E-state index in [1.54, 1.807) is 0 Å². The van der Waals surface area contributed by atoms with Crippen molar-refractivity contribution in [3.8, 4) is 0 Å². The summed E-state index contributed by atoms with van der Waals surface area (Å²) in [4.78, 5) is 12.6. The molecular weight excluding hydrogens is 222 g/mol. The molecule has 1 atom stereocenters. The number of ketones is 1. The molecule has 1 aromatic carbocycles. The average Bonchev–Trinajstić information content (AvgIpc) is 2.88. The van der Waals surface area contributed by atoms with E-state index in [0.717, 1.165) is 31.4 Å². The fourth-order valence-corrected chi connectivity index (χ4v) is 2.76. The second-order valence-corrected chi connectivity index (χ2v) is 5.57. The van der Waals surface area contributed by atoms with Crippen molar-refractivity contribution < 1.29 is 4.79 Å². The van der Waals surface area contributed by atoms with Crippen molar-refractivity contribution in [2.24, 2.45) is 0 Å². The molecule has 0 aliphatic carbocycles. The summed E-state index contributed by atoms with van der Waals surface area (Å²) in [6.07, 6.45) is 2.94.